The van der Waals surface area contributed by atoms with Crippen molar-refractivity contribution in [2.45, 2.75) is 26.4 Å². The summed E-state index contributed by atoms with van der Waals surface area (Å²) in [5, 5.41) is 7.66. The van der Waals surface area contributed by atoms with Crippen LogP contribution < -0.4 is 5.32 Å². The second-order valence-electron chi connectivity index (χ2n) is 5.63. The summed E-state index contributed by atoms with van der Waals surface area (Å²) < 4.78 is 3.49. The van der Waals surface area contributed by atoms with Gasteiger partial charge in [0.15, 0.2) is 0 Å². The number of rotatable bonds is 5. The summed E-state index contributed by atoms with van der Waals surface area (Å²) >= 11 is 6.41. The fourth-order valence-corrected chi connectivity index (χ4v) is 2.91. The molecule has 3 rings (SSSR count). The van der Waals surface area contributed by atoms with Gasteiger partial charge >= 0.3 is 0 Å². The Hall–Kier alpha value is -2.60. The minimum atomic E-state index is -0.229. The number of nitrogens with zero attached hydrogens (tertiary/aromatic N) is 4. The van der Waals surface area contributed by atoms with Crippen LogP contribution in [0.1, 0.15) is 23.0 Å². The van der Waals surface area contributed by atoms with Gasteiger partial charge in [0.1, 0.15) is 5.15 Å². The molecule has 0 saturated heterocycles. The van der Waals surface area contributed by atoms with Crippen molar-refractivity contribution in [3.8, 4) is 5.69 Å². The standard InChI is InChI=1S/C17H18ClN5O/c1-12(10-22-9-8-19-11-22)20-17(24)15-13(2)21-23(16(15)18)14-6-4-3-5-7-14/h3-9,11-12H,10H2,1-2H3,(H,20,24). The number of hydrogen-bond donors (Lipinski definition) is 1. The Balaban J connectivity index is 1.79. The lowest BCUT2D eigenvalue weighted by atomic mass is 10.2. The van der Waals surface area contributed by atoms with E-state index in [2.05, 4.69) is 15.4 Å². The highest BCUT2D eigenvalue weighted by atomic mass is 35.5. The normalized spacial score (nSPS) is 12.1. The van der Waals surface area contributed by atoms with Crippen LogP contribution in [0.2, 0.25) is 5.15 Å². The summed E-state index contributed by atoms with van der Waals surface area (Å²) in [6.45, 7) is 4.35. The van der Waals surface area contributed by atoms with E-state index in [0.717, 1.165) is 5.69 Å². The zero-order chi connectivity index (χ0) is 17.1. The average Bonchev–Trinajstić information content (AvgIpc) is 3.15. The van der Waals surface area contributed by atoms with Gasteiger partial charge in [-0.3, -0.25) is 4.79 Å². The van der Waals surface area contributed by atoms with Gasteiger partial charge in [0.25, 0.3) is 5.91 Å². The molecular formula is C17H18ClN5O. The molecule has 6 nitrogen and oxygen atoms in total. The number of halogens is 1. The fourth-order valence-electron chi connectivity index (χ4n) is 2.55. The number of amides is 1. The summed E-state index contributed by atoms with van der Waals surface area (Å²) in [5.74, 6) is -0.229. The molecule has 7 heteroatoms. The van der Waals surface area contributed by atoms with Crippen molar-refractivity contribution in [2.75, 3.05) is 0 Å². The molecule has 3 aromatic rings. The molecule has 0 fully saturated rings. The van der Waals surface area contributed by atoms with Gasteiger partial charge in [0.05, 0.1) is 23.3 Å². The van der Waals surface area contributed by atoms with Crippen LogP contribution in [0.15, 0.2) is 49.1 Å². The first-order valence-electron chi connectivity index (χ1n) is 7.63. The number of aryl methyl sites for hydroxylation is 1. The van der Waals surface area contributed by atoms with Crippen LogP contribution in [0, 0.1) is 6.92 Å². The zero-order valence-corrected chi connectivity index (χ0v) is 14.2. The maximum absolute atomic E-state index is 12.6. The first kappa shape index (κ1) is 16.3. The van der Waals surface area contributed by atoms with Crippen LogP contribution in [0.25, 0.3) is 5.69 Å². The SMILES string of the molecule is Cc1nn(-c2ccccc2)c(Cl)c1C(=O)NC(C)Cn1ccnc1. The van der Waals surface area contributed by atoms with Crippen molar-refractivity contribution < 1.29 is 4.79 Å². The quantitative estimate of drug-likeness (QED) is 0.774. The Labute approximate surface area is 145 Å². The van der Waals surface area contributed by atoms with Gasteiger partial charge < -0.3 is 9.88 Å². The number of carbonyl (C=O) groups is 1. The molecule has 1 unspecified atom stereocenters. The molecule has 0 spiro atoms. The molecule has 1 N–H and O–H groups in total. The summed E-state index contributed by atoms with van der Waals surface area (Å²) in [4.78, 5) is 16.6. The van der Waals surface area contributed by atoms with Gasteiger partial charge in [-0.1, -0.05) is 29.8 Å². The monoisotopic (exact) mass is 343 g/mol. The first-order chi connectivity index (χ1) is 11.6. The molecule has 1 amide bonds. The summed E-state index contributed by atoms with van der Waals surface area (Å²) in [7, 11) is 0. The van der Waals surface area contributed by atoms with Crippen LogP contribution in [-0.4, -0.2) is 31.3 Å². The van der Waals surface area contributed by atoms with Crippen LogP contribution in [0.3, 0.4) is 0 Å². The lowest BCUT2D eigenvalue weighted by Gasteiger charge is -2.14. The van der Waals surface area contributed by atoms with Crippen molar-refractivity contribution in [1.29, 1.82) is 0 Å². The molecule has 2 aromatic heterocycles. The molecule has 0 bridgehead atoms. The molecule has 0 radical (unpaired) electrons. The number of aromatic nitrogens is 4. The highest BCUT2D eigenvalue weighted by molar-refractivity contribution is 6.33. The van der Waals surface area contributed by atoms with E-state index in [1.54, 1.807) is 24.1 Å². The van der Waals surface area contributed by atoms with E-state index in [-0.39, 0.29) is 11.9 Å². The van der Waals surface area contributed by atoms with Gasteiger partial charge in [-0.25, -0.2) is 9.67 Å². The second kappa shape index (κ2) is 6.88. The van der Waals surface area contributed by atoms with E-state index >= 15 is 0 Å². The minimum Gasteiger partial charge on any atom is -0.348 e. The predicted molar refractivity (Wildman–Crippen MR) is 92.5 cm³/mol. The highest BCUT2D eigenvalue weighted by Gasteiger charge is 2.22. The zero-order valence-electron chi connectivity index (χ0n) is 13.5. The Morgan fingerprint density at radius 2 is 2.08 bits per heavy atom. The number of hydrogen-bond acceptors (Lipinski definition) is 3. The van der Waals surface area contributed by atoms with Gasteiger partial charge in [0, 0.05) is 25.0 Å². The third-order valence-corrected chi connectivity index (χ3v) is 4.00. The van der Waals surface area contributed by atoms with Crippen LogP contribution in [-0.2, 0) is 6.54 Å². The maximum Gasteiger partial charge on any atom is 0.256 e. The Morgan fingerprint density at radius 1 is 1.33 bits per heavy atom. The molecular weight excluding hydrogens is 326 g/mol. The van der Waals surface area contributed by atoms with E-state index in [4.69, 9.17) is 11.6 Å². The van der Waals surface area contributed by atoms with Crippen molar-refractivity contribution in [3.05, 3.63) is 65.5 Å². The lowest BCUT2D eigenvalue weighted by molar-refractivity contribution is 0.0936. The van der Waals surface area contributed by atoms with E-state index in [0.29, 0.717) is 23.0 Å². The molecule has 0 aliphatic heterocycles. The van der Waals surface area contributed by atoms with Crippen molar-refractivity contribution in [1.82, 2.24) is 24.6 Å². The maximum atomic E-state index is 12.6. The Bertz CT molecular complexity index is 826. The number of benzene rings is 1. The molecule has 0 aliphatic rings. The average molecular weight is 344 g/mol. The van der Waals surface area contributed by atoms with E-state index in [9.17, 15) is 4.79 Å². The van der Waals surface area contributed by atoms with Crippen molar-refractivity contribution in [2.24, 2.45) is 0 Å². The molecule has 124 valence electrons. The number of nitrogens with one attached hydrogen (secondary N) is 1. The molecule has 24 heavy (non-hydrogen) atoms. The Morgan fingerprint density at radius 3 is 2.75 bits per heavy atom. The summed E-state index contributed by atoms with van der Waals surface area (Å²) in [6.07, 6.45) is 5.28. The topological polar surface area (TPSA) is 64.7 Å². The predicted octanol–water partition coefficient (Wildman–Crippen LogP) is 2.85. The van der Waals surface area contributed by atoms with Crippen LogP contribution in [0.4, 0.5) is 0 Å². The van der Waals surface area contributed by atoms with Crippen LogP contribution >= 0.6 is 11.6 Å². The van der Waals surface area contributed by atoms with Gasteiger partial charge in [-0.2, -0.15) is 5.10 Å². The second-order valence-corrected chi connectivity index (χ2v) is 5.99. The van der Waals surface area contributed by atoms with E-state index in [1.165, 1.54) is 0 Å². The molecule has 0 saturated carbocycles. The van der Waals surface area contributed by atoms with Crippen LogP contribution in [0.5, 0.6) is 0 Å². The first-order valence-corrected chi connectivity index (χ1v) is 8.01. The molecule has 1 aromatic carbocycles. The van der Waals surface area contributed by atoms with E-state index < -0.39 is 0 Å². The lowest BCUT2D eigenvalue weighted by Crippen LogP contribution is -2.35. The van der Waals surface area contributed by atoms with Gasteiger partial charge in [-0.15, -0.1) is 0 Å². The van der Waals surface area contributed by atoms with E-state index in [1.807, 2.05) is 48.0 Å². The van der Waals surface area contributed by atoms with Gasteiger partial charge in [-0.05, 0) is 26.0 Å². The smallest absolute Gasteiger partial charge is 0.256 e. The number of carbonyl (C=O) groups excluding carboxylic acids is 1. The molecule has 2 heterocycles. The number of para-hydroxylation sites is 1. The third kappa shape index (κ3) is 3.33. The fraction of sp³-hybridized carbons (Fsp3) is 0.235. The van der Waals surface area contributed by atoms with Crippen molar-refractivity contribution >= 4 is 17.5 Å². The Kier molecular flexibility index (Phi) is 4.66. The third-order valence-electron chi connectivity index (χ3n) is 3.65. The highest BCUT2D eigenvalue weighted by Crippen LogP contribution is 2.23. The van der Waals surface area contributed by atoms with Crippen molar-refractivity contribution in [3.63, 3.8) is 0 Å². The number of imidazole rings is 1. The minimum absolute atomic E-state index is 0.0674. The summed E-state index contributed by atoms with van der Waals surface area (Å²) in [5.41, 5.74) is 1.81. The molecule has 0 aliphatic carbocycles. The summed E-state index contributed by atoms with van der Waals surface area (Å²) in [6, 6.07) is 9.43. The molecule has 1 atom stereocenters. The largest absolute Gasteiger partial charge is 0.348 e. The van der Waals surface area contributed by atoms with Gasteiger partial charge in [0.2, 0.25) is 0 Å².